The lowest BCUT2D eigenvalue weighted by molar-refractivity contribution is 0.554. The average molecular weight is 346 g/mol. The van der Waals surface area contributed by atoms with Gasteiger partial charge in [-0.2, -0.15) is 9.49 Å². The first-order chi connectivity index (χ1) is 11.5. The third-order valence-electron chi connectivity index (χ3n) is 3.38. The average Bonchev–Trinajstić information content (AvgIpc) is 3.01. The van der Waals surface area contributed by atoms with Crippen molar-refractivity contribution >= 4 is 9.84 Å². The molecule has 124 valence electrons. The van der Waals surface area contributed by atoms with E-state index >= 15 is 0 Å². The number of aromatic nitrogens is 3. The fraction of sp³-hybridized carbons (Fsp3) is 0.125. The highest BCUT2D eigenvalue weighted by molar-refractivity contribution is 7.91. The predicted molar refractivity (Wildman–Crippen MR) is 86.0 cm³/mol. The van der Waals surface area contributed by atoms with E-state index in [4.69, 9.17) is 0 Å². The van der Waals surface area contributed by atoms with Crippen LogP contribution >= 0.6 is 0 Å². The summed E-state index contributed by atoms with van der Waals surface area (Å²) in [7, 11) is -2.14. The van der Waals surface area contributed by atoms with Gasteiger partial charge in [0.05, 0.1) is 10.6 Å². The number of nitrogens with one attached hydrogen (secondary N) is 1. The van der Waals surface area contributed by atoms with Gasteiger partial charge in [0.15, 0.2) is 5.03 Å². The molecule has 0 atom stereocenters. The maximum absolute atomic E-state index is 14.1. The van der Waals surface area contributed by atoms with Crippen molar-refractivity contribution < 1.29 is 12.8 Å². The highest BCUT2D eigenvalue weighted by atomic mass is 32.2. The minimum absolute atomic E-state index is 0.0191. The van der Waals surface area contributed by atoms with E-state index in [0.29, 0.717) is 12.2 Å². The minimum atomic E-state index is -3.85. The number of hydrogen-bond acceptors (Lipinski definition) is 5. The highest BCUT2D eigenvalue weighted by Crippen LogP contribution is 2.25. The molecule has 0 aliphatic rings. The Morgan fingerprint density at radius 1 is 1.17 bits per heavy atom. The largest absolute Gasteiger partial charge is 0.314 e. The number of rotatable bonds is 5. The minimum Gasteiger partial charge on any atom is -0.314 e. The van der Waals surface area contributed by atoms with Crippen LogP contribution in [0, 0.1) is 5.95 Å². The molecule has 24 heavy (non-hydrogen) atoms. The molecule has 0 aliphatic heterocycles. The van der Waals surface area contributed by atoms with Crippen LogP contribution in [0.2, 0.25) is 0 Å². The summed E-state index contributed by atoms with van der Waals surface area (Å²) in [5.41, 5.74) is 0.463. The lowest BCUT2D eigenvalue weighted by Crippen LogP contribution is -2.12. The maximum atomic E-state index is 14.1. The molecular formula is C16H15FN4O2S. The van der Waals surface area contributed by atoms with Gasteiger partial charge in [0.2, 0.25) is 15.8 Å². The Kier molecular flexibility index (Phi) is 4.41. The zero-order valence-corrected chi connectivity index (χ0v) is 13.7. The summed E-state index contributed by atoms with van der Waals surface area (Å²) in [5, 5.41) is 7.01. The molecule has 0 bridgehead atoms. The van der Waals surface area contributed by atoms with Crippen LogP contribution in [0.3, 0.4) is 0 Å². The molecule has 8 heteroatoms. The first-order valence-electron chi connectivity index (χ1n) is 7.18. The first kappa shape index (κ1) is 16.3. The molecular weight excluding hydrogens is 331 g/mol. The number of benzene rings is 1. The SMILES string of the molecule is CNCc1cc(S(=O)(=O)c2ccccc2)n(-c2cccnc2F)n1. The van der Waals surface area contributed by atoms with E-state index in [0.717, 1.165) is 4.68 Å². The van der Waals surface area contributed by atoms with Crippen molar-refractivity contribution in [2.45, 2.75) is 16.5 Å². The summed E-state index contributed by atoms with van der Waals surface area (Å²) >= 11 is 0. The summed E-state index contributed by atoms with van der Waals surface area (Å²) in [6, 6.07) is 12.4. The molecule has 0 aliphatic carbocycles. The molecule has 2 heterocycles. The zero-order chi connectivity index (χ0) is 17.2. The number of sulfone groups is 1. The summed E-state index contributed by atoms with van der Waals surface area (Å²) in [6.45, 7) is 0.353. The standard InChI is InChI=1S/C16H15FN4O2S/c1-18-11-12-10-15(24(22,23)13-6-3-2-4-7-13)21(20-12)14-8-5-9-19-16(14)17/h2-10,18H,11H2,1H3. The molecule has 0 saturated carbocycles. The molecule has 0 amide bonds. The van der Waals surface area contributed by atoms with Crippen LogP contribution in [0.4, 0.5) is 4.39 Å². The van der Waals surface area contributed by atoms with E-state index in [9.17, 15) is 12.8 Å². The quantitative estimate of drug-likeness (QED) is 0.715. The number of halogens is 1. The smallest absolute Gasteiger partial charge is 0.238 e. The van der Waals surface area contributed by atoms with Gasteiger partial charge in [-0.25, -0.2) is 18.1 Å². The predicted octanol–water partition coefficient (Wildman–Crippen LogP) is 1.96. The van der Waals surface area contributed by atoms with Crippen molar-refractivity contribution in [1.29, 1.82) is 0 Å². The van der Waals surface area contributed by atoms with Crippen LogP contribution in [-0.4, -0.2) is 30.2 Å². The van der Waals surface area contributed by atoms with Gasteiger partial charge >= 0.3 is 0 Å². The second kappa shape index (κ2) is 6.50. The van der Waals surface area contributed by atoms with Crippen LogP contribution < -0.4 is 5.32 Å². The number of pyridine rings is 1. The summed E-state index contributed by atoms with van der Waals surface area (Å²) in [5.74, 6) is -0.791. The fourth-order valence-corrected chi connectivity index (χ4v) is 3.71. The Labute approximate surface area is 138 Å². The van der Waals surface area contributed by atoms with E-state index in [1.807, 2.05) is 0 Å². The normalized spacial score (nSPS) is 11.6. The first-order valence-corrected chi connectivity index (χ1v) is 8.67. The van der Waals surface area contributed by atoms with Gasteiger partial charge in [-0.3, -0.25) is 0 Å². The molecule has 0 saturated heterocycles. The summed E-state index contributed by atoms with van der Waals surface area (Å²) < 4.78 is 41.0. The highest BCUT2D eigenvalue weighted by Gasteiger charge is 2.26. The van der Waals surface area contributed by atoms with Gasteiger partial charge in [0.25, 0.3) is 0 Å². The molecule has 0 spiro atoms. The molecule has 1 aromatic carbocycles. The Hall–Kier alpha value is -2.58. The van der Waals surface area contributed by atoms with E-state index in [-0.39, 0.29) is 15.6 Å². The van der Waals surface area contributed by atoms with Crippen molar-refractivity contribution in [3.63, 3.8) is 0 Å². The Bertz CT molecular complexity index is 955. The van der Waals surface area contributed by atoms with E-state index in [2.05, 4.69) is 15.4 Å². The van der Waals surface area contributed by atoms with Gasteiger partial charge in [-0.05, 0) is 31.3 Å². The molecule has 0 unspecified atom stereocenters. The van der Waals surface area contributed by atoms with Crippen molar-refractivity contribution in [2.75, 3.05) is 7.05 Å². The third kappa shape index (κ3) is 2.93. The van der Waals surface area contributed by atoms with Gasteiger partial charge in [-0.15, -0.1) is 0 Å². The van der Waals surface area contributed by atoms with Gasteiger partial charge in [0, 0.05) is 18.8 Å². The fourth-order valence-electron chi connectivity index (χ4n) is 2.30. The number of nitrogens with zero attached hydrogens (tertiary/aromatic N) is 3. The molecule has 3 aromatic rings. The van der Waals surface area contributed by atoms with E-state index in [1.54, 1.807) is 25.2 Å². The zero-order valence-electron chi connectivity index (χ0n) is 12.8. The summed E-state index contributed by atoms with van der Waals surface area (Å²) in [4.78, 5) is 3.69. The molecule has 1 N–H and O–H groups in total. The molecule has 0 radical (unpaired) electrons. The Morgan fingerprint density at radius 3 is 2.58 bits per heavy atom. The van der Waals surface area contributed by atoms with Crippen molar-refractivity contribution in [3.8, 4) is 5.69 Å². The Balaban J connectivity index is 2.23. The van der Waals surface area contributed by atoms with E-state index < -0.39 is 15.8 Å². The van der Waals surface area contributed by atoms with Crippen LogP contribution in [0.5, 0.6) is 0 Å². The van der Waals surface area contributed by atoms with Crippen LogP contribution in [0.1, 0.15) is 5.69 Å². The third-order valence-corrected chi connectivity index (χ3v) is 5.12. The lowest BCUT2D eigenvalue weighted by atomic mass is 10.4. The van der Waals surface area contributed by atoms with Crippen molar-refractivity contribution in [3.05, 3.63) is 66.4 Å². The molecule has 0 fully saturated rings. The maximum Gasteiger partial charge on any atom is 0.238 e. The molecule has 2 aromatic heterocycles. The summed E-state index contributed by atoms with van der Waals surface area (Å²) in [6.07, 6.45) is 1.29. The number of hydrogen-bond donors (Lipinski definition) is 1. The van der Waals surface area contributed by atoms with Crippen LogP contribution in [0.25, 0.3) is 5.69 Å². The second-order valence-corrected chi connectivity index (χ2v) is 6.94. The van der Waals surface area contributed by atoms with Gasteiger partial charge in [0.1, 0.15) is 5.69 Å². The van der Waals surface area contributed by atoms with Crippen LogP contribution in [0.15, 0.2) is 64.6 Å². The molecule has 3 rings (SSSR count). The Morgan fingerprint density at radius 2 is 1.92 bits per heavy atom. The van der Waals surface area contributed by atoms with Crippen molar-refractivity contribution in [2.24, 2.45) is 0 Å². The second-order valence-electron chi connectivity index (χ2n) is 5.05. The topological polar surface area (TPSA) is 76.9 Å². The van der Waals surface area contributed by atoms with E-state index in [1.165, 1.54) is 36.5 Å². The van der Waals surface area contributed by atoms with Gasteiger partial charge in [-0.1, -0.05) is 18.2 Å². The lowest BCUT2D eigenvalue weighted by Gasteiger charge is -2.08. The van der Waals surface area contributed by atoms with Crippen LogP contribution in [-0.2, 0) is 16.4 Å². The monoisotopic (exact) mass is 346 g/mol. The van der Waals surface area contributed by atoms with Gasteiger partial charge < -0.3 is 5.32 Å². The molecule has 6 nitrogen and oxygen atoms in total. The van der Waals surface area contributed by atoms with Crippen molar-refractivity contribution in [1.82, 2.24) is 20.1 Å².